The van der Waals surface area contributed by atoms with Gasteiger partial charge in [-0.3, -0.25) is 0 Å². The van der Waals surface area contributed by atoms with E-state index in [2.05, 4.69) is 4.99 Å². The molecule has 1 aromatic rings. The Balaban J connectivity index is 2.74. The molecule has 0 spiro atoms. The number of benzene rings is 1. The van der Waals surface area contributed by atoms with Crippen molar-refractivity contribution >= 4 is 11.6 Å². The van der Waals surface area contributed by atoms with Crippen LogP contribution in [0.2, 0.25) is 0 Å². The first-order valence-corrected chi connectivity index (χ1v) is 4.21. The number of nitriles is 1. The standard InChI is InChI=1S/C10H12N4/c1-14(8-7-11)10(12)13-9-5-3-2-4-6-9/h2-6H,8H2,1H3,(H2,12,13). The van der Waals surface area contributed by atoms with E-state index in [1.165, 1.54) is 0 Å². The minimum Gasteiger partial charge on any atom is -0.369 e. The lowest BCUT2D eigenvalue weighted by atomic mass is 10.3. The SMILES string of the molecule is CN(CC#N)C(N)=Nc1ccccc1. The van der Waals surface area contributed by atoms with Crippen molar-refractivity contribution in [2.24, 2.45) is 10.7 Å². The molecule has 4 nitrogen and oxygen atoms in total. The van der Waals surface area contributed by atoms with Gasteiger partial charge in [-0.15, -0.1) is 0 Å². The van der Waals surface area contributed by atoms with Gasteiger partial charge in [0.1, 0.15) is 6.54 Å². The zero-order valence-electron chi connectivity index (χ0n) is 8.01. The molecule has 0 aromatic heterocycles. The highest BCUT2D eigenvalue weighted by molar-refractivity contribution is 5.80. The summed E-state index contributed by atoms with van der Waals surface area (Å²) in [6.45, 7) is 0.238. The third-order valence-corrected chi connectivity index (χ3v) is 1.70. The fraction of sp³-hybridized carbons (Fsp3) is 0.200. The Kier molecular flexibility index (Phi) is 3.50. The summed E-state index contributed by atoms with van der Waals surface area (Å²) < 4.78 is 0. The normalized spacial score (nSPS) is 10.7. The van der Waals surface area contributed by atoms with E-state index in [9.17, 15) is 0 Å². The molecular weight excluding hydrogens is 176 g/mol. The summed E-state index contributed by atoms with van der Waals surface area (Å²) in [7, 11) is 1.73. The van der Waals surface area contributed by atoms with Crippen LogP contribution in [-0.4, -0.2) is 24.5 Å². The van der Waals surface area contributed by atoms with Crippen molar-refractivity contribution in [3.8, 4) is 6.07 Å². The molecule has 2 N–H and O–H groups in total. The first-order chi connectivity index (χ1) is 6.74. The van der Waals surface area contributed by atoms with Crippen molar-refractivity contribution in [3.05, 3.63) is 30.3 Å². The predicted molar refractivity (Wildman–Crippen MR) is 56.0 cm³/mol. The molecular formula is C10H12N4. The van der Waals surface area contributed by atoms with E-state index in [1.807, 2.05) is 36.4 Å². The molecule has 1 aromatic carbocycles. The van der Waals surface area contributed by atoms with Crippen LogP contribution in [0.1, 0.15) is 0 Å². The molecule has 0 heterocycles. The molecule has 72 valence electrons. The van der Waals surface area contributed by atoms with Crippen LogP contribution in [0.4, 0.5) is 5.69 Å². The van der Waals surface area contributed by atoms with E-state index in [4.69, 9.17) is 11.0 Å². The van der Waals surface area contributed by atoms with E-state index >= 15 is 0 Å². The van der Waals surface area contributed by atoms with E-state index in [-0.39, 0.29) is 6.54 Å². The van der Waals surface area contributed by atoms with Crippen molar-refractivity contribution in [1.82, 2.24) is 4.90 Å². The Morgan fingerprint density at radius 3 is 2.71 bits per heavy atom. The van der Waals surface area contributed by atoms with Crippen LogP contribution in [0.5, 0.6) is 0 Å². The Morgan fingerprint density at radius 1 is 1.50 bits per heavy atom. The van der Waals surface area contributed by atoms with Crippen molar-refractivity contribution in [1.29, 1.82) is 5.26 Å². The Morgan fingerprint density at radius 2 is 2.14 bits per heavy atom. The molecule has 4 heteroatoms. The maximum absolute atomic E-state index is 8.45. The third-order valence-electron chi connectivity index (χ3n) is 1.70. The first-order valence-electron chi connectivity index (χ1n) is 4.21. The highest BCUT2D eigenvalue weighted by atomic mass is 15.2. The van der Waals surface area contributed by atoms with Crippen molar-refractivity contribution in [3.63, 3.8) is 0 Å². The smallest absolute Gasteiger partial charge is 0.197 e. The van der Waals surface area contributed by atoms with Gasteiger partial charge in [0, 0.05) is 7.05 Å². The number of nitrogens with zero attached hydrogens (tertiary/aromatic N) is 3. The van der Waals surface area contributed by atoms with Crippen LogP contribution in [0.25, 0.3) is 0 Å². The lowest BCUT2D eigenvalue weighted by Gasteiger charge is -2.13. The quantitative estimate of drug-likeness (QED) is 0.429. The van der Waals surface area contributed by atoms with Gasteiger partial charge in [-0.2, -0.15) is 5.26 Å². The molecule has 14 heavy (non-hydrogen) atoms. The fourth-order valence-corrected chi connectivity index (χ4v) is 0.907. The molecule has 0 aliphatic heterocycles. The predicted octanol–water partition coefficient (Wildman–Crippen LogP) is 1.09. The molecule has 0 bridgehead atoms. The largest absolute Gasteiger partial charge is 0.369 e. The second-order valence-electron chi connectivity index (χ2n) is 2.82. The molecule has 0 radical (unpaired) electrons. The zero-order chi connectivity index (χ0) is 10.4. The summed E-state index contributed by atoms with van der Waals surface area (Å²) in [4.78, 5) is 5.74. The molecule has 0 unspecified atom stereocenters. The van der Waals surface area contributed by atoms with E-state index in [0.29, 0.717) is 5.96 Å². The van der Waals surface area contributed by atoms with E-state index in [1.54, 1.807) is 11.9 Å². The number of guanidine groups is 1. The van der Waals surface area contributed by atoms with Gasteiger partial charge in [0.05, 0.1) is 11.8 Å². The van der Waals surface area contributed by atoms with E-state index < -0.39 is 0 Å². The number of hydrogen-bond donors (Lipinski definition) is 1. The monoisotopic (exact) mass is 188 g/mol. The van der Waals surface area contributed by atoms with Crippen LogP contribution < -0.4 is 5.73 Å². The topological polar surface area (TPSA) is 65.4 Å². The van der Waals surface area contributed by atoms with Crippen LogP contribution in [0.3, 0.4) is 0 Å². The maximum Gasteiger partial charge on any atom is 0.197 e. The van der Waals surface area contributed by atoms with Gasteiger partial charge in [-0.25, -0.2) is 4.99 Å². The van der Waals surface area contributed by atoms with Gasteiger partial charge >= 0.3 is 0 Å². The highest BCUT2D eigenvalue weighted by Gasteiger charge is 1.99. The lowest BCUT2D eigenvalue weighted by Crippen LogP contribution is -2.33. The molecule has 0 aliphatic carbocycles. The second kappa shape index (κ2) is 4.87. The summed E-state index contributed by atoms with van der Waals surface area (Å²) in [6.07, 6.45) is 0. The minimum atomic E-state index is 0.238. The number of aliphatic imine (C=N–C) groups is 1. The summed E-state index contributed by atoms with van der Waals surface area (Å²) in [5.74, 6) is 0.345. The number of nitrogens with two attached hydrogens (primary N) is 1. The van der Waals surface area contributed by atoms with Crippen molar-refractivity contribution < 1.29 is 0 Å². The Bertz CT molecular complexity index is 350. The molecule has 0 saturated carbocycles. The van der Waals surface area contributed by atoms with E-state index in [0.717, 1.165) is 5.69 Å². The Labute approximate surface area is 83.3 Å². The molecule has 0 aliphatic rings. The third kappa shape index (κ3) is 2.79. The average Bonchev–Trinajstić information content (AvgIpc) is 2.19. The number of rotatable bonds is 2. The lowest BCUT2D eigenvalue weighted by molar-refractivity contribution is 0.563. The second-order valence-corrected chi connectivity index (χ2v) is 2.82. The van der Waals surface area contributed by atoms with Crippen molar-refractivity contribution in [2.75, 3.05) is 13.6 Å². The average molecular weight is 188 g/mol. The van der Waals surface area contributed by atoms with Gasteiger partial charge < -0.3 is 10.6 Å². The molecule has 0 saturated heterocycles. The highest BCUT2D eigenvalue weighted by Crippen LogP contribution is 2.09. The summed E-state index contributed by atoms with van der Waals surface area (Å²) >= 11 is 0. The summed E-state index contributed by atoms with van der Waals surface area (Å²) in [5, 5.41) is 8.45. The molecule has 0 atom stereocenters. The summed E-state index contributed by atoms with van der Waals surface area (Å²) in [6, 6.07) is 11.4. The number of hydrogen-bond acceptors (Lipinski definition) is 2. The van der Waals surface area contributed by atoms with Gasteiger partial charge in [-0.05, 0) is 12.1 Å². The Hall–Kier alpha value is -2.02. The number of para-hydroxylation sites is 1. The summed E-state index contributed by atoms with van der Waals surface area (Å²) in [5.41, 5.74) is 6.45. The van der Waals surface area contributed by atoms with Crippen LogP contribution in [0.15, 0.2) is 35.3 Å². The van der Waals surface area contributed by atoms with Crippen LogP contribution in [-0.2, 0) is 0 Å². The molecule has 0 fully saturated rings. The maximum atomic E-state index is 8.45. The van der Waals surface area contributed by atoms with Gasteiger partial charge in [-0.1, -0.05) is 18.2 Å². The zero-order valence-corrected chi connectivity index (χ0v) is 8.01. The van der Waals surface area contributed by atoms with Gasteiger partial charge in [0.15, 0.2) is 5.96 Å². The fourth-order valence-electron chi connectivity index (χ4n) is 0.907. The van der Waals surface area contributed by atoms with Crippen LogP contribution >= 0.6 is 0 Å². The van der Waals surface area contributed by atoms with Crippen LogP contribution in [0, 0.1) is 11.3 Å². The van der Waals surface area contributed by atoms with Gasteiger partial charge in [0.25, 0.3) is 0 Å². The first kappa shape index (κ1) is 10.1. The molecule has 1 rings (SSSR count). The van der Waals surface area contributed by atoms with Crippen molar-refractivity contribution in [2.45, 2.75) is 0 Å². The molecule has 0 amide bonds. The van der Waals surface area contributed by atoms with Gasteiger partial charge in [0.2, 0.25) is 0 Å². The minimum absolute atomic E-state index is 0.238.